The van der Waals surface area contributed by atoms with Crippen molar-refractivity contribution in [2.45, 2.75) is 25.3 Å². The van der Waals surface area contributed by atoms with E-state index in [-0.39, 0.29) is 29.7 Å². The molecule has 25 heavy (non-hydrogen) atoms. The van der Waals surface area contributed by atoms with Gasteiger partial charge in [0, 0.05) is 17.2 Å². The van der Waals surface area contributed by atoms with Crippen LogP contribution in [0.2, 0.25) is 0 Å². The lowest BCUT2D eigenvalue weighted by molar-refractivity contribution is 0.0598. The molecule has 2 aromatic rings. The Morgan fingerprint density at radius 1 is 1.24 bits per heavy atom. The zero-order valence-corrected chi connectivity index (χ0v) is 14.3. The Morgan fingerprint density at radius 2 is 2.04 bits per heavy atom. The largest absolute Gasteiger partial charge is 0.465 e. The number of benzene rings is 2. The van der Waals surface area contributed by atoms with Gasteiger partial charge >= 0.3 is 5.97 Å². The van der Waals surface area contributed by atoms with Crippen LogP contribution in [0.25, 0.3) is 0 Å². The molecule has 4 rings (SSSR count). The molecule has 0 aromatic heterocycles. The predicted molar refractivity (Wildman–Crippen MR) is 95.3 cm³/mol. The molecule has 1 heterocycles. The summed E-state index contributed by atoms with van der Waals surface area (Å²) in [5.41, 5.74) is 4.20. The van der Waals surface area contributed by atoms with Gasteiger partial charge in [-0.1, -0.05) is 36.4 Å². The third kappa shape index (κ3) is 2.44. The molecule has 0 bridgehead atoms. The van der Waals surface area contributed by atoms with Crippen LogP contribution in [0.1, 0.15) is 45.4 Å². The average Bonchev–Trinajstić information content (AvgIpc) is 3.11. The van der Waals surface area contributed by atoms with E-state index in [0.29, 0.717) is 11.1 Å². The number of esters is 1. The lowest BCUT2D eigenvalue weighted by Crippen LogP contribution is -2.31. The Labute approximate surface area is 146 Å². The van der Waals surface area contributed by atoms with Crippen LogP contribution in [0.3, 0.4) is 0 Å². The number of halogens is 1. The molecule has 4 heteroatoms. The first-order valence-electron chi connectivity index (χ1n) is 8.51. The maximum Gasteiger partial charge on any atom is 0.338 e. The normalized spacial score (nSPS) is 23.6. The molecule has 3 unspecified atom stereocenters. The van der Waals surface area contributed by atoms with E-state index in [9.17, 15) is 9.18 Å². The predicted octanol–water partition coefficient (Wildman–Crippen LogP) is 4.75. The molecule has 0 amide bonds. The van der Waals surface area contributed by atoms with Crippen molar-refractivity contribution in [3.8, 4) is 0 Å². The van der Waals surface area contributed by atoms with Crippen molar-refractivity contribution in [2.75, 3.05) is 12.4 Å². The van der Waals surface area contributed by atoms with Gasteiger partial charge < -0.3 is 10.1 Å². The summed E-state index contributed by atoms with van der Waals surface area (Å²) in [7, 11) is 1.40. The first-order valence-corrected chi connectivity index (χ1v) is 8.51. The summed E-state index contributed by atoms with van der Waals surface area (Å²) in [6, 6.07) is 10.5. The van der Waals surface area contributed by atoms with E-state index in [1.54, 1.807) is 6.07 Å². The Bertz CT molecular complexity index is 874. The van der Waals surface area contributed by atoms with Crippen LogP contribution < -0.4 is 5.32 Å². The van der Waals surface area contributed by atoms with Gasteiger partial charge in [-0.25, -0.2) is 9.18 Å². The van der Waals surface area contributed by atoms with Crippen LogP contribution in [-0.2, 0) is 4.74 Å². The maximum atomic E-state index is 14.4. The first kappa shape index (κ1) is 15.9. The van der Waals surface area contributed by atoms with Crippen molar-refractivity contribution in [2.24, 2.45) is 5.92 Å². The quantitative estimate of drug-likeness (QED) is 0.635. The van der Waals surface area contributed by atoms with E-state index in [0.717, 1.165) is 23.2 Å². The Balaban J connectivity index is 1.89. The highest BCUT2D eigenvalue weighted by Gasteiger charge is 2.41. The second-order valence-electron chi connectivity index (χ2n) is 6.71. The molecule has 0 radical (unpaired) electrons. The Morgan fingerprint density at radius 3 is 2.80 bits per heavy atom. The number of rotatable bonds is 2. The van der Waals surface area contributed by atoms with Crippen molar-refractivity contribution in [3.63, 3.8) is 0 Å². The number of hydrogen-bond acceptors (Lipinski definition) is 3. The topological polar surface area (TPSA) is 38.3 Å². The van der Waals surface area contributed by atoms with Gasteiger partial charge in [-0.05, 0) is 42.5 Å². The fourth-order valence-electron chi connectivity index (χ4n) is 4.18. The number of carbonyl (C=O) groups excluding carboxylic acids is 1. The summed E-state index contributed by atoms with van der Waals surface area (Å²) < 4.78 is 19.4. The van der Waals surface area contributed by atoms with Gasteiger partial charge in [0.1, 0.15) is 5.82 Å². The molecule has 0 saturated carbocycles. The fraction of sp³-hybridized carbons (Fsp3) is 0.286. The number of hydrogen-bond donors (Lipinski definition) is 1. The van der Waals surface area contributed by atoms with Gasteiger partial charge in [-0.3, -0.25) is 0 Å². The number of methoxy groups -OCH3 is 1. The number of nitrogens with one attached hydrogen (secondary N) is 1. The lowest BCUT2D eigenvalue weighted by Gasteiger charge is -2.39. The number of aryl methyl sites for hydroxylation is 1. The monoisotopic (exact) mass is 337 g/mol. The van der Waals surface area contributed by atoms with Crippen molar-refractivity contribution in [1.82, 2.24) is 0 Å². The average molecular weight is 337 g/mol. The number of carbonyl (C=O) groups is 1. The number of allylic oxidation sites excluding steroid dienone is 2. The zero-order chi connectivity index (χ0) is 17.6. The fourth-order valence-corrected chi connectivity index (χ4v) is 4.18. The van der Waals surface area contributed by atoms with E-state index in [4.69, 9.17) is 4.74 Å². The van der Waals surface area contributed by atoms with Crippen molar-refractivity contribution < 1.29 is 13.9 Å². The van der Waals surface area contributed by atoms with Gasteiger partial charge in [0.05, 0.1) is 18.7 Å². The molecule has 3 atom stereocenters. The lowest BCUT2D eigenvalue weighted by atomic mass is 9.74. The Kier molecular flexibility index (Phi) is 3.83. The number of fused-ring (bicyclic) bond motifs is 3. The van der Waals surface area contributed by atoms with Crippen molar-refractivity contribution in [1.29, 1.82) is 0 Å². The van der Waals surface area contributed by atoms with Gasteiger partial charge in [0.2, 0.25) is 0 Å². The molecular formula is C21H20FNO2. The SMILES string of the molecule is COC(=O)c1ccc(C)c2c1C1C=CCC1C(c1ccccc1F)N2. The van der Waals surface area contributed by atoms with E-state index in [1.807, 2.05) is 31.2 Å². The number of anilines is 1. The summed E-state index contributed by atoms with van der Waals surface area (Å²) in [6.07, 6.45) is 5.12. The molecule has 3 nitrogen and oxygen atoms in total. The number of ether oxygens (including phenoxy) is 1. The first-order chi connectivity index (χ1) is 12.1. The van der Waals surface area contributed by atoms with Crippen LogP contribution >= 0.6 is 0 Å². The second-order valence-corrected chi connectivity index (χ2v) is 6.71. The van der Waals surface area contributed by atoms with Crippen LogP contribution in [0.5, 0.6) is 0 Å². The van der Waals surface area contributed by atoms with Crippen molar-refractivity contribution in [3.05, 3.63) is 76.6 Å². The highest BCUT2D eigenvalue weighted by atomic mass is 19.1. The maximum absolute atomic E-state index is 14.4. The minimum Gasteiger partial charge on any atom is -0.465 e. The smallest absolute Gasteiger partial charge is 0.338 e. The molecule has 0 saturated heterocycles. The Hall–Kier alpha value is -2.62. The summed E-state index contributed by atoms with van der Waals surface area (Å²) >= 11 is 0. The summed E-state index contributed by atoms with van der Waals surface area (Å²) in [5, 5.41) is 3.53. The van der Waals surface area contributed by atoms with Crippen LogP contribution in [0, 0.1) is 18.7 Å². The van der Waals surface area contributed by atoms with Crippen LogP contribution in [0.4, 0.5) is 10.1 Å². The van der Waals surface area contributed by atoms with E-state index >= 15 is 0 Å². The molecule has 128 valence electrons. The summed E-state index contributed by atoms with van der Waals surface area (Å²) in [4.78, 5) is 12.3. The van der Waals surface area contributed by atoms with Gasteiger partial charge in [0.25, 0.3) is 0 Å². The minimum absolute atomic E-state index is 0.0786. The standard InChI is InChI=1S/C21H20FNO2/c1-12-10-11-16(21(24)25-2)18-13-7-5-8-14(13)20(23-19(12)18)15-6-3-4-9-17(15)22/h3-7,9-11,13-14,20,23H,8H2,1-2H3. The minimum atomic E-state index is -0.332. The van der Waals surface area contributed by atoms with Crippen LogP contribution in [-0.4, -0.2) is 13.1 Å². The van der Waals surface area contributed by atoms with Crippen molar-refractivity contribution >= 4 is 11.7 Å². The van der Waals surface area contributed by atoms with E-state index < -0.39 is 0 Å². The van der Waals surface area contributed by atoms with Gasteiger partial charge in [0.15, 0.2) is 0 Å². The molecule has 0 spiro atoms. The van der Waals surface area contributed by atoms with Crippen LogP contribution in [0.15, 0.2) is 48.6 Å². The molecule has 2 aliphatic rings. The van der Waals surface area contributed by atoms with Gasteiger partial charge in [-0.2, -0.15) is 0 Å². The third-order valence-electron chi connectivity index (χ3n) is 5.37. The molecule has 1 aliphatic heterocycles. The highest BCUT2D eigenvalue weighted by Crippen LogP contribution is 2.52. The molecule has 0 fully saturated rings. The molecule has 1 N–H and O–H groups in total. The third-order valence-corrected chi connectivity index (χ3v) is 5.37. The van der Waals surface area contributed by atoms with Gasteiger partial charge in [-0.15, -0.1) is 0 Å². The van der Waals surface area contributed by atoms with E-state index in [1.165, 1.54) is 13.2 Å². The molecule has 1 aliphatic carbocycles. The second kappa shape index (κ2) is 6.03. The van der Waals surface area contributed by atoms with E-state index in [2.05, 4.69) is 17.5 Å². The summed E-state index contributed by atoms with van der Waals surface area (Å²) in [6.45, 7) is 2.00. The summed E-state index contributed by atoms with van der Waals surface area (Å²) in [5.74, 6) is -0.276. The molecular weight excluding hydrogens is 317 g/mol. The molecule has 2 aromatic carbocycles. The highest BCUT2D eigenvalue weighted by molar-refractivity contribution is 5.94. The zero-order valence-electron chi connectivity index (χ0n) is 14.3.